The number of Topliss-reactive ketones (excluding diaryl/α,β-unsaturated/α-hetero) is 1. The van der Waals surface area contributed by atoms with E-state index in [4.69, 9.17) is 4.74 Å². The highest BCUT2D eigenvalue weighted by Crippen LogP contribution is 2.28. The zero-order valence-corrected chi connectivity index (χ0v) is 16.9. The highest BCUT2D eigenvalue weighted by atomic mass is 16.5. The molecule has 0 bridgehead atoms. The summed E-state index contributed by atoms with van der Waals surface area (Å²) in [4.78, 5) is 25.9. The normalized spacial score (nSPS) is 11.4. The van der Waals surface area contributed by atoms with Gasteiger partial charge in [0.15, 0.2) is 0 Å². The number of allylic oxidation sites excluding steroid dienone is 1. The Labute approximate surface area is 167 Å². The van der Waals surface area contributed by atoms with Gasteiger partial charge in [-0.25, -0.2) is 4.79 Å². The SMILES string of the molecule is CCOC(=O)C(=Cc1ccccc1)C(=O)C(=C=Cc1ccccc1)C(C)(C)C. The van der Waals surface area contributed by atoms with Crippen LogP contribution in [0, 0.1) is 5.41 Å². The molecule has 0 heterocycles. The van der Waals surface area contributed by atoms with E-state index in [1.807, 2.05) is 81.4 Å². The van der Waals surface area contributed by atoms with Crippen molar-refractivity contribution in [2.75, 3.05) is 6.61 Å². The van der Waals surface area contributed by atoms with Crippen LogP contribution >= 0.6 is 0 Å². The molecule has 0 aliphatic heterocycles. The first-order chi connectivity index (χ1) is 13.3. The van der Waals surface area contributed by atoms with Gasteiger partial charge in [0.25, 0.3) is 0 Å². The Morgan fingerprint density at radius 3 is 1.96 bits per heavy atom. The van der Waals surface area contributed by atoms with Gasteiger partial charge < -0.3 is 4.74 Å². The lowest BCUT2D eigenvalue weighted by molar-refractivity contribution is -0.139. The second-order valence-corrected chi connectivity index (χ2v) is 7.34. The molecule has 0 spiro atoms. The van der Waals surface area contributed by atoms with Crippen molar-refractivity contribution in [3.8, 4) is 0 Å². The molecular formula is C25H26O3. The fraction of sp³-hybridized carbons (Fsp3) is 0.240. The monoisotopic (exact) mass is 374 g/mol. The molecule has 2 rings (SSSR count). The molecule has 0 aromatic heterocycles. The van der Waals surface area contributed by atoms with E-state index in [2.05, 4.69) is 5.73 Å². The molecule has 0 saturated carbocycles. The van der Waals surface area contributed by atoms with Crippen LogP contribution in [0.25, 0.3) is 12.2 Å². The quantitative estimate of drug-likeness (QED) is 0.221. The third kappa shape index (κ3) is 5.94. The molecule has 0 saturated heterocycles. The van der Waals surface area contributed by atoms with Gasteiger partial charge in [-0.2, -0.15) is 0 Å². The predicted octanol–water partition coefficient (Wildman–Crippen LogP) is 5.49. The maximum Gasteiger partial charge on any atom is 0.342 e. The van der Waals surface area contributed by atoms with Gasteiger partial charge in [0.05, 0.1) is 6.61 Å². The highest BCUT2D eigenvalue weighted by Gasteiger charge is 2.30. The van der Waals surface area contributed by atoms with Crippen LogP contribution in [-0.2, 0) is 14.3 Å². The molecule has 0 N–H and O–H groups in total. The summed E-state index contributed by atoms with van der Waals surface area (Å²) in [5, 5.41) is 0. The van der Waals surface area contributed by atoms with Gasteiger partial charge in [-0.05, 0) is 35.6 Å². The van der Waals surface area contributed by atoms with Crippen LogP contribution in [0.1, 0.15) is 38.8 Å². The van der Waals surface area contributed by atoms with Gasteiger partial charge >= 0.3 is 5.97 Å². The Morgan fingerprint density at radius 1 is 0.929 bits per heavy atom. The van der Waals surface area contributed by atoms with Gasteiger partial charge in [-0.3, -0.25) is 4.79 Å². The summed E-state index contributed by atoms with van der Waals surface area (Å²) in [6.07, 6.45) is 3.35. The van der Waals surface area contributed by atoms with Crippen molar-refractivity contribution < 1.29 is 14.3 Å². The van der Waals surface area contributed by atoms with E-state index in [0.717, 1.165) is 11.1 Å². The lowest BCUT2D eigenvalue weighted by atomic mass is 9.82. The minimum absolute atomic E-state index is 0.00642. The lowest BCUT2D eigenvalue weighted by Crippen LogP contribution is -2.23. The first-order valence-electron chi connectivity index (χ1n) is 9.33. The van der Waals surface area contributed by atoms with Crippen molar-refractivity contribution >= 4 is 23.9 Å². The molecule has 0 aliphatic rings. The Kier molecular flexibility index (Phi) is 7.31. The summed E-state index contributed by atoms with van der Waals surface area (Å²) in [7, 11) is 0. The smallest absolute Gasteiger partial charge is 0.342 e. The van der Waals surface area contributed by atoms with E-state index < -0.39 is 11.4 Å². The molecule has 0 amide bonds. The number of esters is 1. The largest absolute Gasteiger partial charge is 0.462 e. The van der Waals surface area contributed by atoms with Crippen LogP contribution in [0.3, 0.4) is 0 Å². The number of hydrogen-bond donors (Lipinski definition) is 0. The second kappa shape index (κ2) is 9.68. The maximum absolute atomic E-state index is 13.3. The van der Waals surface area contributed by atoms with Crippen molar-refractivity contribution in [2.24, 2.45) is 5.41 Å². The summed E-state index contributed by atoms with van der Waals surface area (Å²) in [6.45, 7) is 7.71. The number of benzene rings is 2. The van der Waals surface area contributed by atoms with Crippen LogP contribution in [0.15, 0.2) is 77.5 Å². The molecule has 3 nitrogen and oxygen atoms in total. The van der Waals surface area contributed by atoms with E-state index in [1.54, 1.807) is 19.1 Å². The molecule has 28 heavy (non-hydrogen) atoms. The standard InChI is InChI=1S/C25H26O3/c1-5-28-24(27)21(18-20-14-10-7-11-15-20)23(26)22(25(2,3)4)17-16-19-12-8-6-9-13-19/h6-16,18H,5H2,1-4H3. The van der Waals surface area contributed by atoms with Crippen LogP contribution in [-0.4, -0.2) is 18.4 Å². The number of rotatable bonds is 6. The van der Waals surface area contributed by atoms with Crippen LogP contribution in [0.2, 0.25) is 0 Å². The minimum atomic E-state index is -0.625. The lowest BCUT2D eigenvalue weighted by Gasteiger charge is -2.20. The van der Waals surface area contributed by atoms with Gasteiger partial charge in [0.2, 0.25) is 5.78 Å². The first-order valence-corrected chi connectivity index (χ1v) is 9.33. The molecule has 0 aliphatic carbocycles. The molecule has 2 aromatic rings. The average molecular weight is 374 g/mol. The molecule has 144 valence electrons. The zero-order chi connectivity index (χ0) is 20.6. The third-order valence-electron chi connectivity index (χ3n) is 4.01. The van der Waals surface area contributed by atoms with Crippen molar-refractivity contribution in [3.05, 3.63) is 88.7 Å². The van der Waals surface area contributed by atoms with Crippen molar-refractivity contribution in [1.82, 2.24) is 0 Å². The van der Waals surface area contributed by atoms with Crippen LogP contribution in [0.5, 0.6) is 0 Å². The summed E-state index contributed by atoms with van der Waals surface area (Å²) in [6, 6.07) is 18.9. The fourth-order valence-corrected chi connectivity index (χ4v) is 2.60. The Hall–Kier alpha value is -3.16. The number of carbonyl (C=O) groups excluding carboxylic acids is 2. The Bertz CT molecular complexity index is 907. The van der Waals surface area contributed by atoms with E-state index >= 15 is 0 Å². The summed E-state index contributed by atoms with van der Waals surface area (Å²) < 4.78 is 5.14. The molecule has 3 heteroatoms. The van der Waals surface area contributed by atoms with E-state index in [-0.39, 0.29) is 18.0 Å². The molecule has 0 fully saturated rings. The number of ether oxygens (including phenoxy) is 1. The predicted molar refractivity (Wildman–Crippen MR) is 113 cm³/mol. The zero-order valence-electron chi connectivity index (χ0n) is 16.9. The summed E-state index contributed by atoms with van der Waals surface area (Å²) >= 11 is 0. The van der Waals surface area contributed by atoms with E-state index in [1.165, 1.54) is 0 Å². The fourth-order valence-electron chi connectivity index (χ4n) is 2.60. The average Bonchev–Trinajstić information content (AvgIpc) is 2.67. The minimum Gasteiger partial charge on any atom is -0.462 e. The number of ketones is 1. The van der Waals surface area contributed by atoms with Gasteiger partial charge in [-0.1, -0.05) is 81.4 Å². The van der Waals surface area contributed by atoms with Crippen molar-refractivity contribution in [1.29, 1.82) is 0 Å². The van der Waals surface area contributed by atoms with Crippen molar-refractivity contribution in [2.45, 2.75) is 27.7 Å². The molecule has 0 atom stereocenters. The summed E-state index contributed by atoms with van der Waals surface area (Å²) in [5.74, 6) is -0.999. The van der Waals surface area contributed by atoms with Crippen LogP contribution < -0.4 is 0 Å². The highest BCUT2D eigenvalue weighted by molar-refractivity contribution is 6.27. The Balaban J connectivity index is 2.56. The molecule has 0 radical (unpaired) electrons. The van der Waals surface area contributed by atoms with Gasteiger partial charge in [-0.15, -0.1) is 5.73 Å². The van der Waals surface area contributed by atoms with Gasteiger partial charge in [0, 0.05) is 5.57 Å². The van der Waals surface area contributed by atoms with Crippen molar-refractivity contribution in [3.63, 3.8) is 0 Å². The summed E-state index contributed by atoms with van der Waals surface area (Å²) in [5.41, 5.74) is 4.76. The molecule has 2 aromatic carbocycles. The van der Waals surface area contributed by atoms with E-state index in [9.17, 15) is 9.59 Å². The van der Waals surface area contributed by atoms with Gasteiger partial charge in [0.1, 0.15) is 5.57 Å². The molecule has 0 unspecified atom stereocenters. The second-order valence-electron chi connectivity index (χ2n) is 7.34. The number of carbonyl (C=O) groups is 2. The maximum atomic E-state index is 13.3. The molecular weight excluding hydrogens is 348 g/mol. The first kappa shape index (κ1) is 21.1. The number of hydrogen-bond acceptors (Lipinski definition) is 3. The van der Waals surface area contributed by atoms with E-state index in [0.29, 0.717) is 5.57 Å². The topological polar surface area (TPSA) is 43.4 Å². The third-order valence-corrected chi connectivity index (χ3v) is 4.01. The van der Waals surface area contributed by atoms with Crippen LogP contribution in [0.4, 0.5) is 0 Å². The Morgan fingerprint density at radius 2 is 1.46 bits per heavy atom.